The fraction of sp³-hybridized carbons (Fsp3) is 0.542. The Hall–Kier alpha value is -2.41. The smallest absolute Gasteiger partial charge is 0.335 e. The summed E-state index contributed by atoms with van der Waals surface area (Å²) >= 11 is 0. The van der Waals surface area contributed by atoms with Crippen molar-refractivity contribution < 1.29 is 23.9 Å². The predicted octanol–water partition coefficient (Wildman–Crippen LogP) is 4.32. The minimum atomic E-state index is -2.31. The van der Waals surface area contributed by atoms with E-state index in [0.717, 1.165) is 5.56 Å². The van der Waals surface area contributed by atoms with E-state index in [0.29, 0.717) is 0 Å². The largest absolute Gasteiger partial charge is 0.463 e. The molecule has 1 heterocycles. The van der Waals surface area contributed by atoms with Gasteiger partial charge in [0.25, 0.3) is 0 Å². The molecule has 1 aromatic carbocycles. The van der Waals surface area contributed by atoms with Crippen LogP contribution in [0.4, 0.5) is 0 Å². The molecule has 7 heteroatoms. The molecule has 1 aromatic rings. The molecule has 0 spiro atoms. The zero-order valence-electron chi connectivity index (χ0n) is 19.7. The van der Waals surface area contributed by atoms with Crippen LogP contribution in [-0.4, -0.2) is 43.3 Å². The maximum Gasteiger partial charge on any atom is 0.335 e. The van der Waals surface area contributed by atoms with Gasteiger partial charge >= 0.3 is 11.9 Å². The van der Waals surface area contributed by atoms with Gasteiger partial charge in [0.05, 0.1) is 30.1 Å². The van der Waals surface area contributed by atoms with Crippen LogP contribution in [0.15, 0.2) is 42.5 Å². The van der Waals surface area contributed by atoms with Crippen molar-refractivity contribution in [1.82, 2.24) is 4.57 Å². The van der Waals surface area contributed by atoms with Crippen molar-refractivity contribution in [1.29, 1.82) is 0 Å². The number of ether oxygens (including phenoxy) is 2. The van der Waals surface area contributed by atoms with Gasteiger partial charge < -0.3 is 14.0 Å². The lowest BCUT2D eigenvalue weighted by Crippen LogP contribution is -2.75. The number of hydrogen-bond acceptors (Lipinski definition) is 5. The van der Waals surface area contributed by atoms with Crippen molar-refractivity contribution in [2.45, 2.75) is 65.4 Å². The monoisotopic (exact) mass is 445 g/mol. The van der Waals surface area contributed by atoms with E-state index >= 15 is 0 Å². The predicted molar refractivity (Wildman–Crippen MR) is 122 cm³/mol. The van der Waals surface area contributed by atoms with E-state index in [2.05, 4.69) is 40.4 Å². The summed E-state index contributed by atoms with van der Waals surface area (Å²) in [7, 11) is -2.31. The van der Waals surface area contributed by atoms with Crippen molar-refractivity contribution in [2.24, 2.45) is 11.8 Å². The highest BCUT2D eigenvalue weighted by Gasteiger charge is 2.61. The molecule has 0 bridgehead atoms. The van der Waals surface area contributed by atoms with E-state index in [1.54, 1.807) is 13.8 Å². The molecule has 6 nitrogen and oxygen atoms in total. The van der Waals surface area contributed by atoms with Crippen molar-refractivity contribution in [3.8, 4) is 0 Å². The Balaban J connectivity index is 2.27. The Morgan fingerprint density at radius 2 is 1.74 bits per heavy atom. The Kier molecular flexibility index (Phi) is 7.52. The summed E-state index contributed by atoms with van der Waals surface area (Å²) in [5, 5.41) is -0.127. The highest BCUT2D eigenvalue weighted by atomic mass is 28.3. The van der Waals surface area contributed by atoms with Gasteiger partial charge in [0.15, 0.2) is 8.24 Å². The van der Waals surface area contributed by atoms with Gasteiger partial charge in [0.2, 0.25) is 5.91 Å². The highest BCUT2D eigenvalue weighted by Crippen LogP contribution is 2.48. The summed E-state index contributed by atoms with van der Waals surface area (Å²) in [6, 6.07) is 8.82. The maximum atomic E-state index is 13.3. The van der Waals surface area contributed by atoms with Gasteiger partial charge in [-0.15, -0.1) is 0 Å². The van der Waals surface area contributed by atoms with Crippen molar-refractivity contribution >= 4 is 26.1 Å². The normalized spacial score (nSPS) is 20.0. The van der Waals surface area contributed by atoms with Gasteiger partial charge in [0, 0.05) is 0 Å². The first-order valence-corrected chi connectivity index (χ1v) is 13.7. The van der Waals surface area contributed by atoms with Gasteiger partial charge in [-0.05, 0) is 17.5 Å². The summed E-state index contributed by atoms with van der Waals surface area (Å²) in [6.07, 6.45) is 0. The average Bonchev–Trinajstić information content (AvgIpc) is 2.69. The lowest BCUT2D eigenvalue weighted by atomic mass is 9.77. The molecule has 0 unspecified atom stereocenters. The van der Waals surface area contributed by atoms with Crippen LogP contribution in [0.3, 0.4) is 0 Å². The zero-order valence-corrected chi connectivity index (χ0v) is 20.7. The topological polar surface area (TPSA) is 72.9 Å². The number of carbonyl (C=O) groups is 3. The Morgan fingerprint density at radius 3 is 2.26 bits per heavy atom. The quantitative estimate of drug-likeness (QED) is 0.258. The molecule has 2 rings (SSSR count). The Morgan fingerprint density at radius 1 is 1.16 bits per heavy atom. The number of benzene rings is 1. The number of carbonyl (C=O) groups excluding carboxylic acids is 3. The third kappa shape index (κ3) is 4.92. The molecule has 3 atom stereocenters. The van der Waals surface area contributed by atoms with E-state index < -0.39 is 38.1 Å². The second-order valence-electron chi connectivity index (χ2n) is 9.62. The highest BCUT2D eigenvalue weighted by molar-refractivity contribution is 6.80. The van der Waals surface area contributed by atoms with Crippen LogP contribution in [0.25, 0.3) is 0 Å². The molecule has 0 saturated carbocycles. The Bertz CT molecular complexity index is 843. The summed E-state index contributed by atoms with van der Waals surface area (Å²) in [4.78, 5) is 38.6. The number of rotatable bonds is 8. The van der Waals surface area contributed by atoms with E-state index in [4.69, 9.17) is 9.47 Å². The van der Waals surface area contributed by atoms with Crippen LogP contribution in [0, 0.1) is 11.8 Å². The lowest BCUT2D eigenvalue weighted by molar-refractivity contribution is -0.164. The number of esters is 2. The fourth-order valence-corrected chi connectivity index (χ4v) is 6.14. The molecular weight excluding hydrogens is 410 g/mol. The summed E-state index contributed by atoms with van der Waals surface area (Å²) < 4.78 is 12.5. The average molecular weight is 446 g/mol. The van der Waals surface area contributed by atoms with Crippen molar-refractivity contribution in [3.63, 3.8) is 0 Å². The third-order valence-corrected chi connectivity index (χ3v) is 12.0. The molecule has 0 N–H and O–H groups in total. The number of hydrogen-bond donors (Lipinski definition) is 0. The number of β-lactam (4-membered cyclic amide) rings is 1. The van der Waals surface area contributed by atoms with Crippen LogP contribution >= 0.6 is 0 Å². The van der Waals surface area contributed by atoms with Gasteiger partial charge in [-0.1, -0.05) is 77.7 Å². The van der Waals surface area contributed by atoms with Gasteiger partial charge in [0.1, 0.15) is 6.61 Å². The first-order chi connectivity index (χ1) is 14.3. The van der Waals surface area contributed by atoms with Crippen molar-refractivity contribution in [3.05, 3.63) is 48.0 Å². The van der Waals surface area contributed by atoms with Crippen LogP contribution in [0.5, 0.6) is 0 Å². The number of amides is 1. The van der Waals surface area contributed by atoms with Gasteiger partial charge in [-0.2, -0.15) is 0 Å². The maximum absolute atomic E-state index is 13.3. The molecule has 1 aliphatic rings. The number of nitrogens with zero attached hydrogens (tertiary/aromatic N) is 1. The second kappa shape index (κ2) is 9.38. The second-order valence-corrected chi connectivity index (χ2v) is 14.7. The molecular formula is C24H35NO5Si. The van der Waals surface area contributed by atoms with E-state index in [-0.39, 0.29) is 29.7 Å². The summed E-state index contributed by atoms with van der Waals surface area (Å²) in [6.45, 7) is 18.2. The zero-order chi connectivity index (χ0) is 23.6. The standard InChI is InChI=1S/C24H35NO5Si/c1-9-29-23(28)17(3)20-19(21(26)25(20)31(7,8)24(4,5)6)16(2)22(27)30-15-18-13-11-10-12-14-18/h10-14,16,19-20H,3,9,15H2,1-2,4-8H3/t16-,19+,20-/m1/s1. The molecule has 0 radical (unpaired) electrons. The molecule has 1 amide bonds. The van der Waals surface area contributed by atoms with Crippen LogP contribution in [0.1, 0.15) is 40.2 Å². The van der Waals surface area contributed by atoms with Crippen molar-refractivity contribution in [2.75, 3.05) is 6.61 Å². The summed E-state index contributed by atoms with van der Waals surface area (Å²) in [5.41, 5.74) is 1.09. The van der Waals surface area contributed by atoms with Crippen LogP contribution in [0.2, 0.25) is 18.1 Å². The van der Waals surface area contributed by atoms with Gasteiger partial charge in [-0.25, -0.2) is 4.79 Å². The minimum Gasteiger partial charge on any atom is -0.463 e. The SMILES string of the molecule is C=C(C(=O)OCC)[C@@H]1[C@H]([C@@H](C)C(=O)OCc2ccccc2)C(=O)N1[Si](C)(C)C(C)(C)C. The molecule has 0 aromatic heterocycles. The minimum absolute atomic E-state index is 0.119. The summed E-state index contributed by atoms with van der Waals surface area (Å²) in [5.74, 6) is -2.49. The van der Waals surface area contributed by atoms with Crippen LogP contribution < -0.4 is 0 Å². The molecule has 31 heavy (non-hydrogen) atoms. The Labute approximate surface area is 186 Å². The molecule has 1 fully saturated rings. The third-order valence-electron chi connectivity index (χ3n) is 6.61. The van der Waals surface area contributed by atoms with E-state index in [1.807, 2.05) is 34.9 Å². The van der Waals surface area contributed by atoms with E-state index in [9.17, 15) is 14.4 Å². The first kappa shape index (κ1) is 24.9. The van der Waals surface area contributed by atoms with Crippen LogP contribution in [-0.2, 0) is 30.5 Å². The molecule has 1 saturated heterocycles. The van der Waals surface area contributed by atoms with E-state index in [1.165, 1.54) is 0 Å². The lowest BCUT2D eigenvalue weighted by Gasteiger charge is -2.59. The molecule has 1 aliphatic heterocycles. The molecule has 170 valence electrons. The first-order valence-electron chi connectivity index (χ1n) is 10.7. The van der Waals surface area contributed by atoms with Gasteiger partial charge in [-0.3, -0.25) is 9.59 Å². The molecule has 0 aliphatic carbocycles. The fourth-order valence-electron chi connectivity index (χ4n) is 3.71.